The van der Waals surface area contributed by atoms with Crippen LogP contribution in [-0.4, -0.2) is 9.97 Å². The minimum absolute atomic E-state index is 0.121. The van der Waals surface area contributed by atoms with Crippen molar-refractivity contribution in [3.63, 3.8) is 0 Å². The van der Waals surface area contributed by atoms with Crippen LogP contribution >= 0.6 is 0 Å². The van der Waals surface area contributed by atoms with E-state index in [0.717, 1.165) is 78.2 Å². The Morgan fingerprint density at radius 2 is 1.03 bits per heavy atom. The molecule has 2 heterocycles. The molecule has 8 aromatic carbocycles. The highest BCUT2D eigenvalue weighted by molar-refractivity contribution is 6.14. The molecule has 280 valence electrons. The van der Waals surface area contributed by atoms with Crippen LogP contribution in [0.3, 0.4) is 0 Å². The van der Waals surface area contributed by atoms with Crippen molar-refractivity contribution in [3.05, 3.63) is 211 Å². The zero-order valence-electron chi connectivity index (χ0n) is 32.8. The fourth-order valence-electron chi connectivity index (χ4n) is 8.91. The van der Waals surface area contributed by atoms with Crippen LogP contribution in [0, 0.1) is 0 Å². The Labute approximate surface area is 343 Å². The number of furan rings is 1. The van der Waals surface area contributed by atoms with Crippen LogP contribution < -0.4 is 4.90 Å². The Kier molecular flexibility index (Phi) is 8.12. The van der Waals surface area contributed by atoms with Gasteiger partial charge in [0, 0.05) is 38.9 Å². The molecule has 4 nitrogen and oxygen atoms in total. The maximum Gasteiger partial charge on any atom is 0.160 e. The molecule has 0 saturated heterocycles. The van der Waals surface area contributed by atoms with Gasteiger partial charge in [-0.2, -0.15) is 0 Å². The Morgan fingerprint density at radius 1 is 0.424 bits per heavy atom. The third kappa shape index (κ3) is 5.92. The molecule has 0 aliphatic heterocycles. The fraction of sp³-hybridized carbons (Fsp3) is 0.0545. The summed E-state index contributed by atoms with van der Waals surface area (Å²) in [5.41, 5.74) is 17.2. The quantitative estimate of drug-likeness (QED) is 0.162. The lowest BCUT2D eigenvalue weighted by molar-refractivity contribution is 0.660. The van der Waals surface area contributed by atoms with Crippen molar-refractivity contribution in [1.82, 2.24) is 9.97 Å². The fourth-order valence-corrected chi connectivity index (χ4v) is 8.91. The van der Waals surface area contributed by atoms with E-state index in [1.54, 1.807) is 0 Å². The van der Waals surface area contributed by atoms with Gasteiger partial charge in [-0.3, -0.25) is 0 Å². The SMILES string of the molecule is CC1(C)c2ccccc2-c2ccc(N(c3ccccc3)c3cccc4oc5ccc(-c6ccc(-c7nc(-c8ccccc8)cc(-c8ccccc8)n7)cc6)cc5c34)cc21. The first kappa shape index (κ1) is 34.7. The lowest BCUT2D eigenvalue weighted by Crippen LogP contribution is -2.16. The van der Waals surface area contributed by atoms with Crippen molar-refractivity contribution in [2.24, 2.45) is 0 Å². The zero-order valence-corrected chi connectivity index (χ0v) is 32.8. The van der Waals surface area contributed by atoms with Gasteiger partial charge in [-0.15, -0.1) is 0 Å². The van der Waals surface area contributed by atoms with E-state index in [9.17, 15) is 0 Å². The second-order valence-electron chi connectivity index (χ2n) is 15.8. The molecule has 4 heteroatoms. The minimum Gasteiger partial charge on any atom is -0.456 e. The van der Waals surface area contributed by atoms with Crippen LogP contribution in [0.25, 0.3) is 78.1 Å². The maximum atomic E-state index is 6.58. The average molecular weight is 758 g/mol. The predicted molar refractivity (Wildman–Crippen MR) is 243 cm³/mol. The van der Waals surface area contributed by atoms with Gasteiger partial charge in [0.15, 0.2) is 5.82 Å². The molecule has 0 spiro atoms. The highest BCUT2D eigenvalue weighted by atomic mass is 16.3. The summed E-state index contributed by atoms with van der Waals surface area (Å²) in [5.74, 6) is 0.692. The molecular weight excluding hydrogens is 719 g/mol. The third-order valence-electron chi connectivity index (χ3n) is 11.9. The number of nitrogens with zero attached hydrogens (tertiary/aromatic N) is 3. The number of anilines is 3. The monoisotopic (exact) mass is 757 g/mol. The van der Waals surface area contributed by atoms with Gasteiger partial charge in [0.2, 0.25) is 0 Å². The van der Waals surface area contributed by atoms with Crippen LogP contribution in [0.4, 0.5) is 17.1 Å². The zero-order chi connectivity index (χ0) is 39.5. The standard InChI is InChI=1S/C55H39N3O/c1-55(2)46-22-13-12-21-43(46)44-31-30-42(34-47(44)55)58(41-19-10-5-11-20-41)50-23-14-24-52-53(50)45-33-40(29-32-51(45)59-52)36-25-27-39(28-26-36)54-56-48(37-15-6-3-7-16-37)35-49(57-54)38-17-8-4-9-18-38/h3-35H,1-2H3. The van der Waals surface area contributed by atoms with Gasteiger partial charge >= 0.3 is 0 Å². The van der Waals surface area contributed by atoms with Crippen molar-refractivity contribution >= 4 is 39.0 Å². The summed E-state index contributed by atoms with van der Waals surface area (Å²) in [5, 5.41) is 2.14. The molecule has 2 aromatic heterocycles. The number of para-hydroxylation sites is 1. The molecule has 0 amide bonds. The number of aromatic nitrogens is 2. The number of fused-ring (bicyclic) bond motifs is 6. The van der Waals surface area contributed by atoms with Gasteiger partial charge in [-0.1, -0.05) is 159 Å². The molecule has 0 bridgehead atoms. The minimum atomic E-state index is -0.121. The van der Waals surface area contributed by atoms with Gasteiger partial charge < -0.3 is 9.32 Å². The summed E-state index contributed by atoms with van der Waals surface area (Å²) >= 11 is 0. The number of benzene rings is 8. The van der Waals surface area contributed by atoms with E-state index in [0.29, 0.717) is 5.82 Å². The molecule has 0 radical (unpaired) electrons. The molecule has 11 rings (SSSR count). The lowest BCUT2D eigenvalue weighted by Gasteiger charge is -2.28. The molecular formula is C55H39N3O. The highest BCUT2D eigenvalue weighted by Gasteiger charge is 2.36. The number of rotatable bonds is 7. The summed E-state index contributed by atoms with van der Waals surface area (Å²) in [4.78, 5) is 12.5. The molecule has 0 atom stereocenters. The largest absolute Gasteiger partial charge is 0.456 e. The number of hydrogen-bond acceptors (Lipinski definition) is 4. The van der Waals surface area contributed by atoms with E-state index in [-0.39, 0.29) is 5.41 Å². The van der Waals surface area contributed by atoms with Crippen LogP contribution in [0.15, 0.2) is 205 Å². The van der Waals surface area contributed by atoms with E-state index in [2.05, 4.69) is 183 Å². The molecule has 0 N–H and O–H groups in total. The van der Waals surface area contributed by atoms with Gasteiger partial charge in [0.25, 0.3) is 0 Å². The molecule has 10 aromatic rings. The summed E-state index contributed by atoms with van der Waals surface area (Å²) in [6.45, 7) is 4.67. The summed E-state index contributed by atoms with van der Waals surface area (Å²) < 4.78 is 6.58. The van der Waals surface area contributed by atoms with Crippen LogP contribution in [0.2, 0.25) is 0 Å². The van der Waals surface area contributed by atoms with Crippen molar-refractivity contribution in [2.75, 3.05) is 4.90 Å². The van der Waals surface area contributed by atoms with Crippen LogP contribution in [0.1, 0.15) is 25.0 Å². The van der Waals surface area contributed by atoms with Crippen LogP contribution in [0.5, 0.6) is 0 Å². The van der Waals surface area contributed by atoms with Crippen LogP contribution in [-0.2, 0) is 5.41 Å². The Bertz CT molecular complexity index is 3110. The van der Waals surface area contributed by atoms with E-state index in [4.69, 9.17) is 14.4 Å². The summed E-state index contributed by atoms with van der Waals surface area (Å²) in [7, 11) is 0. The topological polar surface area (TPSA) is 42.2 Å². The van der Waals surface area contributed by atoms with Crippen molar-refractivity contribution in [3.8, 4) is 56.2 Å². The van der Waals surface area contributed by atoms with Crippen molar-refractivity contribution in [1.29, 1.82) is 0 Å². The highest BCUT2D eigenvalue weighted by Crippen LogP contribution is 2.51. The summed E-state index contributed by atoms with van der Waals surface area (Å²) in [6.07, 6.45) is 0. The maximum absolute atomic E-state index is 6.58. The van der Waals surface area contributed by atoms with Gasteiger partial charge in [0.05, 0.1) is 22.5 Å². The molecule has 1 aliphatic carbocycles. The Hall–Kier alpha value is -7.56. The van der Waals surface area contributed by atoms with E-state index in [1.807, 2.05) is 36.4 Å². The van der Waals surface area contributed by atoms with Crippen molar-refractivity contribution < 1.29 is 4.42 Å². The Morgan fingerprint density at radius 3 is 1.75 bits per heavy atom. The lowest BCUT2D eigenvalue weighted by atomic mass is 9.82. The number of hydrogen-bond donors (Lipinski definition) is 0. The predicted octanol–water partition coefficient (Wildman–Crippen LogP) is 14.8. The first-order chi connectivity index (χ1) is 29.0. The molecule has 0 saturated carbocycles. The normalized spacial score (nSPS) is 12.7. The van der Waals surface area contributed by atoms with Gasteiger partial charge in [0.1, 0.15) is 11.2 Å². The first-order valence-electron chi connectivity index (χ1n) is 20.2. The molecule has 59 heavy (non-hydrogen) atoms. The average Bonchev–Trinajstić information content (AvgIpc) is 3.79. The summed E-state index contributed by atoms with van der Waals surface area (Å²) in [6, 6.07) is 70.6. The van der Waals surface area contributed by atoms with Crippen molar-refractivity contribution in [2.45, 2.75) is 19.3 Å². The molecule has 0 fully saturated rings. The Balaban J connectivity index is 1.01. The van der Waals surface area contributed by atoms with E-state index in [1.165, 1.54) is 22.3 Å². The second-order valence-corrected chi connectivity index (χ2v) is 15.8. The van der Waals surface area contributed by atoms with Gasteiger partial charge in [-0.25, -0.2) is 9.97 Å². The van der Waals surface area contributed by atoms with E-state index < -0.39 is 0 Å². The molecule has 0 unspecified atom stereocenters. The first-order valence-corrected chi connectivity index (χ1v) is 20.2. The second kappa shape index (κ2) is 13.8. The van der Waals surface area contributed by atoms with Gasteiger partial charge in [-0.05, 0) is 88.0 Å². The third-order valence-corrected chi connectivity index (χ3v) is 11.9. The smallest absolute Gasteiger partial charge is 0.160 e. The van der Waals surface area contributed by atoms with E-state index >= 15 is 0 Å². The molecule has 1 aliphatic rings.